The Balaban J connectivity index is 0.000000201. The molecule has 0 aromatic heterocycles. The monoisotopic (exact) mass is 462 g/mol. The van der Waals surface area contributed by atoms with Crippen molar-refractivity contribution in [1.29, 1.82) is 0 Å². The summed E-state index contributed by atoms with van der Waals surface area (Å²) in [6, 6.07) is 21.5. The molecule has 34 heavy (non-hydrogen) atoms. The predicted molar refractivity (Wildman–Crippen MR) is 133 cm³/mol. The van der Waals surface area contributed by atoms with E-state index in [0.717, 1.165) is 33.0 Å². The lowest BCUT2D eigenvalue weighted by molar-refractivity contribution is -0.139. The van der Waals surface area contributed by atoms with Crippen LogP contribution in [0.15, 0.2) is 72.8 Å². The summed E-state index contributed by atoms with van der Waals surface area (Å²) in [7, 11) is 3.20. The van der Waals surface area contributed by atoms with Crippen LogP contribution in [0.1, 0.15) is 39.5 Å². The van der Waals surface area contributed by atoms with E-state index in [-0.39, 0.29) is 0 Å². The maximum Gasteiger partial charge on any atom is 0.310 e. The second-order valence-corrected chi connectivity index (χ2v) is 7.72. The van der Waals surface area contributed by atoms with E-state index < -0.39 is 23.7 Å². The van der Waals surface area contributed by atoms with E-state index in [4.69, 9.17) is 22.4 Å². The molecule has 0 fully saturated rings. The van der Waals surface area contributed by atoms with Gasteiger partial charge in [-0.25, -0.2) is 0 Å². The molecule has 0 aliphatic heterocycles. The molecule has 0 aliphatic carbocycles. The second-order valence-electron chi connectivity index (χ2n) is 7.72. The molecule has 0 heterocycles. The first-order valence-electron chi connectivity index (χ1n) is 11.5. The average Bonchev–Trinajstić information content (AvgIpc) is 2.87. The third-order valence-corrected chi connectivity index (χ3v) is 5.60. The molecular weight excluding hydrogens is 432 g/mol. The fourth-order valence-corrected chi connectivity index (χ4v) is 3.42. The van der Waals surface area contributed by atoms with Gasteiger partial charge in [0.15, 0.2) is 0 Å². The molecule has 2 N–H and O–H groups in total. The van der Waals surface area contributed by atoms with Crippen LogP contribution in [0, 0.1) is 0 Å². The Bertz CT molecular complexity index is 1320. The van der Waals surface area contributed by atoms with Crippen LogP contribution in [0.25, 0.3) is 21.5 Å². The number of ether oxygens (including phenoxy) is 2. The number of carbonyl (C=O) groups is 2. The van der Waals surface area contributed by atoms with Gasteiger partial charge in [-0.1, -0.05) is 48.5 Å². The van der Waals surface area contributed by atoms with Crippen molar-refractivity contribution in [1.82, 2.24) is 0 Å². The highest BCUT2D eigenvalue weighted by atomic mass is 16.5. The van der Waals surface area contributed by atoms with Gasteiger partial charge < -0.3 is 19.7 Å². The maximum atomic E-state index is 11.1. The average molecular weight is 463 g/mol. The SMILES string of the molecule is [2H]C(C)(C(=O)O)c1ccc2cc(OC)ccc2c1.[2H][C@@](C)(C(=O)O)c1ccc2cc(OC)ccc2c1. The van der Waals surface area contributed by atoms with Gasteiger partial charge in [0.05, 0.1) is 26.0 Å². The molecule has 4 aromatic carbocycles. The molecule has 6 nitrogen and oxygen atoms in total. The zero-order chi connectivity index (χ0) is 26.7. The molecule has 4 aromatic rings. The van der Waals surface area contributed by atoms with Crippen molar-refractivity contribution in [3.63, 3.8) is 0 Å². The Kier molecular flexibility index (Phi) is 6.85. The van der Waals surface area contributed by atoms with E-state index in [0.29, 0.717) is 11.1 Å². The highest BCUT2D eigenvalue weighted by Gasteiger charge is 2.14. The summed E-state index contributed by atoms with van der Waals surface area (Å²) in [6.07, 6.45) is 0. The van der Waals surface area contributed by atoms with E-state index >= 15 is 0 Å². The van der Waals surface area contributed by atoms with Crippen molar-refractivity contribution >= 4 is 33.5 Å². The van der Waals surface area contributed by atoms with E-state index in [1.165, 1.54) is 13.8 Å². The molecule has 0 saturated carbocycles. The molecule has 4 rings (SSSR count). The number of fused-ring (bicyclic) bond motifs is 2. The van der Waals surface area contributed by atoms with Crippen LogP contribution in [-0.2, 0) is 9.59 Å². The van der Waals surface area contributed by atoms with Crippen molar-refractivity contribution in [3.8, 4) is 11.5 Å². The number of carboxylic acid groups (broad SMARTS) is 2. The standard InChI is InChI=1S/2C14H14O3/c2*1-9(14(15)16)10-3-4-12-8-13(17-2)6-5-11(12)7-10/h2*3-9H,1-2H3,(H,15,16)/t9-;/m0./s1/i2*9D. The summed E-state index contributed by atoms with van der Waals surface area (Å²) in [6.45, 7) is 2.75. The van der Waals surface area contributed by atoms with Crippen LogP contribution in [0.2, 0.25) is 0 Å². The van der Waals surface area contributed by atoms with Crippen LogP contribution in [0.4, 0.5) is 0 Å². The van der Waals surface area contributed by atoms with Gasteiger partial charge in [0.1, 0.15) is 11.5 Å². The van der Waals surface area contributed by atoms with Crippen LogP contribution in [-0.4, -0.2) is 36.4 Å². The zero-order valence-electron chi connectivity index (χ0n) is 21.5. The van der Waals surface area contributed by atoms with Gasteiger partial charge in [-0.3, -0.25) is 9.59 Å². The third kappa shape index (κ3) is 5.64. The van der Waals surface area contributed by atoms with Gasteiger partial charge in [-0.2, -0.15) is 0 Å². The van der Waals surface area contributed by atoms with Crippen molar-refractivity contribution in [3.05, 3.63) is 83.9 Å². The fourth-order valence-electron chi connectivity index (χ4n) is 3.42. The van der Waals surface area contributed by atoms with Gasteiger partial charge in [0.2, 0.25) is 0 Å². The summed E-state index contributed by atoms with van der Waals surface area (Å²) in [4.78, 5) is 22.1. The molecule has 1 unspecified atom stereocenters. The zero-order valence-corrected chi connectivity index (χ0v) is 19.5. The Hall–Kier alpha value is -4.06. The first-order chi connectivity index (χ1) is 16.9. The number of aliphatic carboxylic acids is 2. The molecule has 0 radical (unpaired) electrons. The van der Waals surface area contributed by atoms with E-state index in [1.54, 1.807) is 38.5 Å². The lowest BCUT2D eigenvalue weighted by atomic mass is 9.98. The summed E-state index contributed by atoms with van der Waals surface area (Å²) < 4.78 is 26.0. The number of rotatable bonds is 6. The van der Waals surface area contributed by atoms with Crippen molar-refractivity contribution < 1.29 is 32.0 Å². The largest absolute Gasteiger partial charge is 0.497 e. The second kappa shape index (κ2) is 10.7. The molecule has 0 aliphatic rings. The first kappa shape index (κ1) is 21.8. The normalized spacial score (nSPS) is 15.1. The quantitative estimate of drug-likeness (QED) is 0.361. The molecule has 0 amide bonds. The number of hydrogen-bond donors (Lipinski definition) is 2. The number of carboxylic acids is 2. The minimum absolute atomic E-state index is 0.465. The van der Waals surface area contributed by atoms with Crippen LogP contribution >= 0.6 is 0 Å². The highest BCUT2D eigenvalue weighted by Crippen LogP contribution is 2.26. The molecule has 2 atom stereocenters. The topological polar surface area (TPSA) is 93.1 Å². The Morgan fingerprint density at radius 2 is 0.971 bits per heavy atom. The molecule has 6 heteroatoms. The van der Waals surface area contributed by atoms with Crippen molar-refractivity contribution in [2.75, 3.05) is 14.2 Å². The predicted octanol–water partition coefficient (Wildman–Crippen LogP) is 6.07. The van der Waals surface area contributed by atoms with Gasteiger partial charge in [0, 0.05) is 2.74 Å². The smallest absolute Gasteiger partial charge is 0.310 e. The lowest BCUT2D eigenvalue weighted by Crippen LogP contribution is -2.06. The summed E-state index contributed by atoms with van der Waals surface area (Å²) in [5.74, 6) is -4.07. The highest BCUT2D eigenvalue weighted by molar-refractivity contribution is 5.87. The summed E-state index contributed by atoms with van der Waals surface area (Å²) in [5.41, 5.74) is 0.931. The molecular formula is C28H28O6. The Morgan fingerprint density at radius 3 is 1.29 bits per heavy atom. The molecule has 0 saturated heterocycles. The van der Waals surface area contributed by atoms with Crippen LogP contribution in [0.5, 0.6) is 11.5 Å². The maximum absolute atomic E-state index is 11.1. The molecule has 0 spiro atoms. The van der Waals surface area contributed by atoms with E-state index in [9.17, 15) is 9.59 Å². The number of methoxy groups -OCH3 is 2. The number of hydrogen-bond acceptors (Lipinski definition) is 4. The van der Waals surface area contributed by atoms with Crippen LogP contribution in [0.3, 0.4) is 0 Å². The van der Waals surface area contributed by atoms with Gasteiger partial charge in [-0.05, 0) is 70.8 Å². The van der Waals surface area contributed by atoms with Crippen LogP contribution < -0.4 is 9.47 Å². The Morgan fingerprint density at radius 1 is 0.647 bits per heavy atom. The number of benzene rings is 4. The van der Waals surface area contributed by atoms with E-state index in [1.807, 2.05) is 48.5 Å². The van der Waals surface area contributed by atoms with Gasteiger partial charge >= 0.3 is 11.9 Å². The van der Waals surface area contributed by atoms with Gasteiger partial charge in [0.25, 0.3) is 0 Å². The summed E-state index contributed by atoms with van der Waals surface area (Å²) >= 11 is 0. The first-order valence-corrected chi connectivity index (χ1v) is 10.5. The molecule has 176 valence electrons. The van der Waals surface area contributed by atoms with Gasteiger partial charge in [-0.15, -0.1) is 0 Å². The lowest BCUT2D eigenvalue weighted by Gasteiger charge is -2.08. The Labute approximate surface area is 201 Å². The van der Waals surface area contributed by atoms with Crippen molar-refractivity contribution in [2.45, 2.75) is 25.6 Å². The minimum Gasteiger partial charge on any atom is -0.497 e. The molecule has 0 bridgehead atoms. The third-order valence-electron chi connectivity index (χ3n) is 5.60. The van der Waals surface area contributed by atoms with E-state index in [2.05, 4.69) is 0 Å². The summed E-state index contributed by atoms with van der Waals surface area (Å²) in [5, 5.41) is 21.8. The fraction of sp³-hybridized carbons (Fsp3) is 0.214. The minimum atomic E-state index is -1.63. The van der Waals surface area contributed by atoms with Crippen molar-refractivity contribution in [2.24, 2.45) is 0 Å².